The maximum Gasteiger partial charge on any atom is 0.253 e. The van der Waals surface area contributed by atoms with Crippen molar-refractivity contribution >= 4 is 46.6 Å². The number of carbonyl (C=O) groups is 2. The molecule has 2 N–H and O–H groups in total. The summed E-state index contributed by atoms with van der Waals surface area (Å²) in [6.07, 6.45) is 3.23. The third kappa shape index (κ3) is 4.57. The Morgan fingerprint density at radius 3 is 2.73 bits per heavy atom. The number of piperidine rings is 1. The normalized spacial score (nSPS) is 18.4. The van der Waals surface area contributed by atoms with Crippen LogP contribution in [-0.2, 0) is 10.5 Å². The minimum Gasteiger partial charge on any atom is -0.371 e. The number of halogens is 2. The Morgan fingerprint density at radius 2 is 1.97 bits per heavy atom. The van der Waals surface area contributed by atoms with Crippen LogP contribution in [0.3, 0.4) is 0 Å². The lowest BCUT2D eigenvalue weighted by Gasteiger charge is -2.29. The zero-order valence-electron chi connectivity index (χ0n) is 16.4. The number of hydrogen-bond donors (Lipinski definition) is 2. The number of benzene rings is 2. The highest BCUT2D eigenvalue weighted by atomic mass is 35.5. The van der Waals surface area contributed by atoms with Gasteiger partial charge in [0.15, 0.2) is 0 Å². The molecule has 0 aromatic heterocycles. The van der Waals surface area contributed by atoms with E-state index in [1.807, 2.05) is 11.0 Å². The molecular weight excluding hydrogens is 425 g/mol. The van der Waals surface area contributed by atoms with E-state index >= 15 is 0 Å². The molecule has 4 rings (SSSR count). The van der Waals surface area contributed by atoms with E-state index in [0.717, 1.165) is 38.0 Å². The summed E-state index contributed by atoms with van der Waals surface area (Å²) in [5.41, 5.74) is 2.42. The summed E-state index contributed by atoms with van der Waals surface area (Å²) in [5, 5.41) is 6.51. The molecule has 1 atom stereocenters. The van der Waals surface area contributed by atoms with Crippen LogP contribution in [0.1, 0.15) is 35.2 Å². The van der Waals surface area contributed by atoms with Gasteiger partial charge in [0.25, 0.3) is 5.91 Å². The van der Waals surface area contributed by atoms with Crippen molar-refractivity contribution in [2.24, 2.45) is 0 Å². The standard InChI is InChI=1S/C22H23ClFN3O2S/c23-16-5-4-6-17(24)15(16)12-30-13-20-21(28)26-19-11-14(7-8-18(19)25-20)22(29)27-9-2-1-3-10-27/h4-8,11,20,25H,1-3,9-10,12-13H2,(H,26,28). The number of anilines is 2. The first-order chi connectivity index (χ1) is 14.5. The Labute approximate surface area is 184 Å². The SMILES string of the molecule is O=C1Nc2cc(C(=O)N3CCCCC3)ccc2NC1CSCc1c(F)cccc1Cl. The zero-order valence-corrected chi connectivity index (χ0v) is 18.0. The fourth-order valence-electron chi connectivity index (χ4n) is 3.73. The highest BCUT2D eigenvalue weighted by Crippen LogP contribution is 2.31. The van der Waals surface area contributed by atoms with Crippen LogP contribution in [0.2, 0.25) is 5.02 Å². The van der Waals surface area contributed by atoms with E-state index in [1.165, 1.54) is 17.8 Å². The number of fused-ring (bicyclic) bond motifs is 1. The Bertz CT molecular complexity index is 945. The van der Waals surface area contributed by atoms with Crippen LogP contribution in [-0.4, -0.2) is 41.6 Å². The predicted molar refractivity (Wildman–Crippen MR) is 120 cm³/mol. The summed E-state index contributed by atoms with van der Waals surface area (Å²) in [5.74, 6) is 0.341. The maximum atomic E-state index is 13.9. The number of rotatable bonds is 5. The first-order valence-corrected chi connectivity index (χ1v) is 11.6. The quantitative estimate of drug-likeness (QED) is 0.693. The molecule has 5 nitrogen and oxygen atoms in total. The first kappa shape index (κ1) is 21.0. The summed E-state index contributed by atoms with van der Waals surface area (Å²) in [6, 6.07) is 9.53. The van der Waals surface area contributed by atoms with Gasteiger partial charge in [-0.25, -0.2) is 4.39 Å². The van der Waals surface area contributed by atoms with Crippen molar-refractivity contribution < 1.29 is 14.0 Å². The summed E-state index contributed by atoms with van der Waals surface area (Å²) in [6.45, 7) is 1.57. The number of thioether (sulfide) groups is 1. The molecule has 2 aromatic rings. The average Bonchev–Trinajstić information content (AvgIpc) is 2.76. The number of carbonyl (C=O) groups excluding carboxylic acids is 2. The molecule has 0 radical (unpaired) electrons. The number of hydrogen-bond acceptors (Lipinski definition) is 4. The van der Waals surface area contributed by atoms with Crippen LogP contribution in [0.4, 0.5) is 15.8 Å². The van der Waals surface area contributed by atoms with Crippen LogP contribution < -0.4 is 10.6 Å². The van der Waals surface area contributed by atoms with E-state index in [-0.39, 0.29) is 17.6 Å². The maximum absolute atomic E-state index is 13.9. The van der Waals surface area contributed by atoms with Gasteiger partial charge in [-0.3, -0.25) is 9.59 Å². The molecule has 30 heavy (non-hydrogen) atoms. The summed E-state index contributed by atoms with van der Waals surface area (Å²) >= 11 is 7.50. The molecule has 0 spiro atoms. The molecule has 0 aliphatic carbocycles. The van der Waals surface area contributed by atoms with E-state index in [2.05, 4.69) is 10.6 Å². The lowest BCUT2D eigenvalue weighted by molar-refractivity contribution is -0.116. The Balaban J connectivity index is 1.39. The van der Waals surface area contributed by atoms with E-state index in [9.17, 15) is 14.0 Å². The monoisotopic (exact) mass is 447 g/mol. The fraction of sp³-hybridized carbons (Fsp3) is 0.364. The first-order valence-electron chi connectivity index (χ1n) is 10.0. The second kappa shape index (κ2) is 9.27. The second-order valence-electron chi connectivity index (χ2n) is 7.51. The smallest absolute Gasteiger partial charge is 0.253 e. The van der Waals surface area contributed by atoms with Crippen molar-refractivity contribution in [2.75, 3.05) is 29.5 Å². The molecule has 2 aliphatic heterocycles. The van der Waals surface area contributed by atoms with Crippen LogP contribution in [0.5, 0.6) is 0 Å². The van der Waals surface area contributed by atoms with E-state index in [1.54, 1.807) is 24.3 Å². The van der Waals surface area contributed by atoms with Gasteiger partial charge in [0.1, 0.15) is 11.9 Å². The highest BCUT2D eigenvalue weighted by Gasteiger charge is 2.27. The molecule has 2 heterocycles. The Kier molecular flexibility index (Phi) is 6.49. The van der Waals surface area contributed by atoms with E-state index < -0.39 is 6.04 Å². The van der Waals surface area contributed by atoms with Crippen molar-refractivity contribution in [3.63, 3.8) is 0 Å². The molecule has 0 bridgehead atoms. The minimum atomic E-state index is -0.448. The van der Waals surface area contributed by atoms with E-state index in [0.29, 0.717) is 33.3 Å². The highest BCUT2D eigenvalue weighted by molar-refractivity contribution is 7.98. The summed E-state index contributed by atoms with van der Waals surface area (Å²) in [4.78, 5) is 27.1. The van der Waals surface area contributed by atoms with Gasteiger partial charge >= 0.3 is 0 Å². The third-order valence-corrected chi connectivity index (χ3v) is 6.82. The minimum absolute atomic E-state index is 0.00574. The molecule has 1 unspecified atom stereocenters. The lowest BCUT2D eigenvalue weighted by atomic mass is 10.1. The molecule has 2 amide bonds. The third-order valence-electron chi connectivity index (χ3n) is 5.41. The molecule has 2 aromatic carbocycles. The largest absolute Gasteiger partial charge is 0.371 e. The number of likely N-dealkylation sites (tertiary alicyclic amines) is 1. The molecule has 1 saturated heterocycles. The van der Waals surface area contributed by atoms with Crippen LogP contribution >= 0.6 is 23.4 Å². The van der Waals surface area contributed by atoms with Gasteiger partial charge in [-0.2, -0.15) is 11.8 Å². The van der Waals surface area contributed by atoms with Gasteiger partial charge < -0.3 is 15.5 Å². The second-order valence-corrected chi connectivity index (χ2v) is 8.95. The van der Waals surface area contributed by atoms with Gasteiger partial charge in [0, 0.05) is 40.7 Å². The molecule has 2 aliphatic rings. The number of amides is 2. The van der Waals surface area contributed by atoms with Crippen LogP contribution in [0.25, 0.3) is 0 Å². The molecule has 8 heteroatoms. The lowest BCUT2D eigenvalue weighted by Crippen LogP contribution is -2.41. The Morgan fingerprint density at radius 1 is 1.17 bits per heavy atom. The number of nitrogens with zero attached hydrogens (tertiary/aromatic N) is 1. The average molecular weight is 448 g/mol. The fourth-order valence-corrected chi connectivity index (χ4v) is 5.12. The summed E-state index contributed by atoms with van der Waals surface area (Å²) < 4.78 is 13.9. The summed E-state index contributed by atoms with van der Waals surface area (Å²) in [7, 11) is 0. The van der Waals surface area contributed by atoms with Gasteiger partial charge in [-0.15, -0.1) is 0 Å². The zero-order chi connectivity index (χ0) is 21.1. The van der Waals surface area contributed by atoms with Crippen molar-refractivity contribution in [1.29, 1.82) is 0 Å². The van der Waals surface area contributed by atoms with Gasteiger partial charge in [-0.1, -0.05) is 17.7 Å². The van der Waals surface area contributed by atoms with Crippen molar-refractivity contribution in [3.8, 4) is 0 Å². The topological polar surface area (TPSA) is 61.4 Å². The van der Waals surface area contributed by atoms with Gasteiger partial charge in [0.2, 0.25) is 5.91 Å². The Hall–Kier alpha value is -2.25. The number of nitrogens with one attached hydrogen (secondary N) is 2. The van der Waals surface area contributed by atoms with E-state index in [4.69, 9.17) is 11.6 Å². The van der Waals surface area contributed by atoms with Crippen LogP contribution in [0, 0.1) is 5.82 Å². The van der Waals surface area contributed by atoms with Crippen molar-refractivity contribution in [3.05, 3.63) is 58.4 Å². The molecule has 158 valence electrons. The van der Waals surface area contributed by atoms with Crippen molar-refractivity contribution in [1.82, 2.24) is 4.90 Å². The van der Waals surface area contributed by atoms with Gasteiger partial charge in [-0.05, 0) is 49.6 Å². The molecule has 1 fully saturated rings. The van der Waals surface area contributed by atoms with Gasteiger partial charge in [0.05, 0.1) is 11.4 Å². The predicted octanol–water partition coefficient (Wildman–Crippen LogP) is 4.77. The van der Waals surface area contributed by atoms with Crippen LogP contribution in [0.15, 0.2) is 36.4 Å². The van der Waals surface area contributed by atoms with Crippen molar-refractivity contribution in [2.45, 2.75) is 31.1 Å². The molecule has 0 saturated carbocycles. The molecular formula is C22H23ClFN3O2S.